The number of aromatic nitrogens is 2. The normalized spacial score (nSPS) is 12.9. The second kappa shape index (κ2) is 6.85. The van der Waals surface area contributed by atoms with Gasteiger partial charge in [-0.15, -0.1) is 0 Å². The monoisotopic (exact) mass is 368 g/mol. The van der Waals surface area contributed by atoms with E-state index >= 15 is 0 Å². The van der Waals surface area contributed by atoms with Gasteiger partial charge in [-0.2, -0.15) is 5.10 Å². The summed E-state index contributed by atoms with van der Waals surface area (Å²) in [5.74, 6) is -0.125. The topological polar surface area (TPSA) is 61.0 Å². The van der Waals surface area contributed by atoms with Crippen LogP contribution in [-0.4, -0.2) is 22.6 Å². The zero-order chi connectivity index (χ0) is 18.9. The molecule has 1 aliphatic heterocycles. The average Bonchev–Trinajstić information content (AvgIpc) is 3.37. The summed E-state index contributed by atoms with van der Waals surface area (Å²) in [4.78, 5) is 15.0. The van der Waals surface area contributed by atoms with E-state index in [1.807, 2.05) is 42.5 Å². The van der Waals surface area contributed by atoms with Crippen molar-refractivity contribution in [1.29, 1.82) is 0 Å². The number of fused-ring (bicyclic) bond motifs is 2. The Morgan fingerprint density at radius 1 is 1.04 bits per heavy atom. The van der Waals surface area contributed by atoms with Crippen LogP contribution in [0.1, 0.15) is 21.5 Å². The Kier molecular flexibility index (Phi) is 4.05. The van der Waals surface area contributed by atoms with Crippen molar-refractivity contribution in [1.82, 2.24) is 10.2 Å². The van der Waals surface area contributed by atoms with Crippen molar-refractivity contribution in [2.24, 2.45) is 0 Å². The zero-order valence-electron chi connectivity index (χ0n) is 15.4. The predicted octanol–water partition coefficient (Wildman–Crippen LogP) is 4.38. The van der Waals surface area contributed by atoms with Gasteiger partial charge in [0.05, 0.1) is 17.4 Å². The first kappa shape index (κ1) is 16.6. The Morgan fingerprint density at radius 2 is 1.89 bits per heavy atom. The minimum atomic E-state index is -0.125. The summed E-state index contributed by atoms with van der Waals surface area (Å²) in [5.41, 5.74) is 6.13. The molecule has 5 heteroatoms. The van der Waals surface area contributed by atoms with Gasteiger partial charge < -0.3 is 10.2 Å². The van der Waals surface area contributed by atoms with E-state index in [1.165, 1.54) is 16.8 Å². The number of amides is 1. The highest BCUT2D eigenvalue weighted by Crippen LogP contribution is 2.29. The lowest BCUT2D eigenvalue weighted by Crippen LogP contribution is -2.19. The first-order chi connectivity index (χ1) is 13.8. The summed E-state index contributed by atoms with van der Waals surface area (Å²) in [6, 6.07) is 22.1. The van der Waals surface area contributed by atoms with E-state index in [0.717, 1.165) is 36.1 Å². The minimum absolute atomic E-state index is 0.125. The molecule has 2 N–H and O–H groups in total. The van der Waals surface area contributed by atoms with Crippen LogP contribution in [0.2, 0.25) is 0 Å². The Morgan fingerprint density at radius 3 is 2.79 bits per heavy atom. The number of H-pyrrole nitrogens is 1. The highest BCUT2D eigenvalue weighted by molar-refractivity contribution is 6.08. The number of carbonyl (C=O) groups is 1. The Hall–Kier alpha value is -3.60. The summed E-state index contributed by atoms with van der Waals surface area (Å²) in [7, 11) is 0. The molecule has 28 heavy (non-hydrogen) atoms. The number of anilines is 2. The summed E-state index contributed by atoms with van der Waals surface area (Å²) < 4.78 is 0. The number of rotatable bonds is 4. The molecule has 0 bridgehead atoms. The molecule has 0 saturated heterocycles. The van der Waals surface area contributed by atoms with Crippen LogP contribution in [0.5, 0.6) is 0 Å². The minimum Gasteiger partial charge on any atom is -0.367 e. The van der Waals surface area contributed by atoms with Crippen molar-refractivity contribution in [3.8, 4) is 0 Å². The molecule has 0 atom stereocenters. The van der Waals surface area contributed by atoms with Gasteiger partial charge in [0.2, 0.25) is 0 Å². The van der Waals surface area contributed by atoms with Gasteiger partial charge in [0.1, 0.15) is 0 Å². The van der Waals surface area contributed by atoms with Gasteiger partial charge in [-0.3, -0.25) is 9.89 Å². The average molecular weight is 368 g/mol. The van der Waals surface area contributed by atoms with E-state index in [9.17, 15) is 4.79 Å². The van der Waals surface area contributed by atoms with E-state index in [1.54, 1.807) is 6.20 Å². The van der Waals surface area contributed by atoms with Gasteiger partial charge in [0.15, 0.2) is 0 Å². The molecule has 0 unspecified atom stereocenters. The van der Waals surface area contributed by atoms with E-state index < -0.39 is 0 Å². The number of hydrogen-bond acceptors (Lipinski definition) is 3. The standard InChI is InChI=1S/C23H20N4O/c28-23(25-20-6-3-5-19-14-24-26-22(19)20)18-10-8-16(9-11-18)15-27-13-12-17-4-1-2-7-21(17)27/h1-11,14H,12-13,15H2,(H,24,26)(H,25,28). The first-order valence-electron chi connectivity index (χ1n) is 9.43. The molecule has 3 aromatic carbocycles. The van der Waals surface area contributed by atoms with Gasteiger partial charge in [0.25, 0.3) is 5.91 Å². The van der Waals surface area contributed by atoms with Crippen LogP contribution in [0, 0.1) is 0 Å². The summed E-state index contributed by atoms with van der Waals surface area (Å²) in [6.45, 7) is 1.89. The highest BCUT2D eigenvalue weighted by Gasteiger charge is 2.18. The van der Waals surface area contributed by atoms with Crippen LogP contribution in [0.4, 0.5) is 11.4 Å². The van der Waals surface area contributed by atoms with Crippen LogP contribution in [0.15, 0.2) is 72.9 Å². The fourth-order valence-electron chi connectivity index (χ4n) is 3.82. The molecule has 4 aromatic rings. The van der Waals surface area contributed by atoms with Gasteiger partial charge in [-0.1, -0.05) is 42.5 Å². The molecule has 138 valence electrons. The second-order valence-corrected chi connectivity index (χ2v) is 7.09. The molecule has 0 aliphatic carbocycles. The third-order valence-corrected chi connectivity index (χ3v) is 5.30. The van der Waals surface area contributed by atoms with Crippen LogP contribution in [0.25, 0.3) is 10.9 Å². The number of hydrogen-bond donors (Lipinski definition) is 2. The number of carbonyl (C=O) groups excluding carboxylic acids is 1. The van der Waals surface area contributed by atoms with Crippen molar-refractivity contribution in [2.75, 3.05) is 16.8 Å². The van der Waals surface area contributed by atoms with Crippen molar-refractivity contribution in [2.45, 2.75) is 13.0 Å². The fourth-order valence-corrected chi connectivity index (χ4v) is 3.82. The van der Waals surface area contributed by atoms with Gasteiger partial charge >= 0.3 is 0 Å². The molecule has 0 fully saturated rings. The summed E-state index contributed by atoms with van der Waals surface area (Å²) in [5, 5.41) is 10.9. The maximum Gasteiger partial charge on any atom is 0.255 e. The lowest BCUT2D eigenvalue weighted by Gasteiger charge is -2.19. The molecule has 0 spiro atoms. The quantitative estimate of drug-likeness (QED) is 0.562. The Labute approximate surface area is 163 Å². The smallest absolute Gasteiger partial charge is 0.255 e. The number of benzene rings is 3. The van der Waals surface area contributed by atoms with Gasteiger partial charge in [-0.25, -0.2) is 0 Å². The van der Waals surface area contributed by atoms with E-state index in [4.69, 9.17) is 0 Å². The zero-order valence-corrected chi connectivity index (χ0v) is 15.4. The largest absolute Gasteiger partial charge is 0.367 e. The Balaban J connectivity index is 1.30. The third kappa shape index (κ3) is 3.01. The molecule has 1 aromatic heterocycles. The van der Waals surface area contributed by atoms with Gasteiger partial charge in [0, 0.05) is 29.7 Å². The first-order valence-corrected chi connectivity index (χ1v) is 9.43. The highest BCUT2D eigenvalue weighted by atomic mass is 16.1. The van der Waals surface area contributed by atoms with Crippen molar-refractivity contribution in [3.05, 3.63) is 89.6 Å². The van der Waals surface area contributed by atoms with Crippen LogP contribution < -0.4 is 10.2 Å². The maximum atomic E-state index is 12.6. The molecule has 2 heterocycles. The predicted molar refractivity (Wildman–Crippen MR) is 112 cm³/mol. The van der Waals surface area contributed by atoms with E-state index in [0.29, 0.717) is 5.56 Å². The third-order valence-electron chi connectivity index (χ3n) is 5.30. The molecular formula is C23H20N4O. The molecule has 5 nitrogen and oxygen atoms in total. The van der Waals surface area contributed by atoms with Crippen molar-refractivity contribution in [3.63, 3.8) is 0 Å². The maximum absolute atomic E-state index is 12.6. The van der Waals surface area contributed by atoms with Crippen molar-refractivity contribution < 1.29 is 4.79 Å². The van der Waals surface area contributed by atoms with E-state index in [2.05, 4.69) is 44.7 Å². The Bertz CT molecular complexity index is 1150. The van der Waals surface area contributed by atoms with Crippen LogP contribution in [0.3, 0.4) is 0 Å². The van der Waals surface area contributed by atoms with Crippen molar-refractivity contribution >= 4 is 28.2 Å². The lowest BCUT2D eigenvalue weighted by molar-refractivity contribution is 0.102. The molecule has 0 saturated carbocycles. The van der Waals surface area contributed by atoms with E-state index in [-0.39, 0.29) is 5.91 Å². The number of para-hydroxylation sites is 2. The molecular weight excluding hydrogens is 348 g/mol. The van der Waals surface area contributed by atoms with Crippen LogP contribution >= 0.6 is 0 Å². The molecule has 0 radical (unpaired) electrons. The van der Waals surface area contributed by atoms with Crippen LogP contribution in [-0.2, 0) is 13.0 Å². The number of nitrogens with one attached hydrogen (secondary N) is 2. The molecule has 1 aliphatic rings. The fraction of sp³-hybridized carbons (Fsp3) is 0.130. The molecule has 5 rings (SSSR count). The lowest BCUT2D eigenvalue weighted by atomic mass is 10.1. The number of aromatic amines is 1. The number of nitrogens with zero attached hydrogens (tertiary/aromatic N) is 2. The van der Waals surface area contributed by atoms with Gasteiger partial charge in [-0.05, 0) is 41.8 Å². The second-order valence-electron chi connectivity index (χ2n) is 7.09. The SMILES string of the molecule is O=C(Nc1cccc2cn[nH]c12)c1ccc(CN2CCc3ccccc32)cc1. The summed E-state index contributed by atoms with van der Waals surface area (Å²) >= 11 is 0. The molecule has 1 amide bonds. The summed E-state index contributed by atoms with van der Waals surface area (Å²) in [6.07, 6.45) is 2.84.